The van der Waals surface area contributed by atoms with Crippen molar-refractivity contribution in [2.75, 3.05) is 6.61 Å². The van der Waals surface area contributed by atoms with Gasteiger partial charge in [-0.25, -0.2) is 0 Å². The van der Waals surface area contributed by atoms with Crippen molar-refractivity contribution in [1.82, 2.24) is 0 Å². The highest BCUT2D eigenvalue weighted by Gasteiger charge is 2.45. The van der Waals surface area contributed by atoms with E-state index in [1.54, 1.807) is 0 Å². The third-order valence-corrected chi connectivity index (χ3v) is 4.46. The molecule has 1 aliphatic carbocycles. The number of phenols is 1. The fraction of sp³-hybridized carbons (Fsp3) is 0.562. The fourth-order valence-corrected chi connectivity index (χ4v) is 3.11. The van der Waals surface area contributed by atoms with E-state index in [2.05, 4.69) is 0 Å². The topological polar surface area (TPSA) is 137 Å². The van der Waals surface area contributed by atoms with E-state index >= 15 is 0 Å². The third kappa shape index (κ3) is 3.04. The maximum atomic E-state index is 12.0. The molecule has 0 radical (unpaired) electrons. The first kappa shape index (κ1) is 17.3. The predicted molar refractivity (Wildman–Crippen MR) is 79.3 cm³/mol. The van der Waals surface area contributed by atoms with E-state index in [0.717, 1.165) is 0 Å². The van der Waals surface area contributed by atoms with E-state index in [1.807, 2.05) is 0 Å². The normalized spacial score (nSPS) is 36.4. The molecule has 1 aromatic carbocycles. The maximum absolute atomic E-state index is 12.0. The van der Waals surface area contributed by atoms with Crippen molar-refractivity contribution in [3.8, 4) is 5.75 Å². The van der Waals surface area contributed by atoms with E-state index in [-0.39, 0.29) is 18.0 Å². The minimum absolute atomic E-state index is 0.0224. The molecular weight excluding hydrogens is 320 g/mol. The second-order valence-electron chi connectivity index (χ2n) is 6.06. The second-order valence-corrected chi connectivity index (χ2v) is 6.06. The molecule has 1 aromatic rings. The lowest BCUT2D eigenvalue weighted by molar-refractivity contribution is -0.313. The quantitative estimate of drug-likeness (QED) is 0.484. The molecule has 1 saturated heterocycles. The van der Waals surface area contributed by atoms with Gasteiger partial charge in [-0.3, -0.25) is 4.79 Å². The van der Waals surface area contributed by atoms with Crippen LogP contribution in [0.3, 0.4) is 0 Å². The Morgan fingerprint density at radius 2 is 1.92 bits per heavy atom. The number of aromatic hydroxyl groups is 1. The largest absolute Gasteiger partial charge is 0.508 e. The Kier molecular flexibility index (Phi) is 4.86. The molecule has 3 rings (SSSR count). The lowest BCUT2D eigenvalue weighted by atomic mass is 9.88. The average molecular weight is 340 g/mol. The van der Waals surface area contributed by atoms with Crippen LogP contribution in [0, 0.1) is 0 Å². The number of Topliss-reactive ketones (excluding diaryl/α,β-unsaturated/α-hetero) is 1. The highest BCUT2D eigenvalue weighted by molar-refractivity contribution is 5.98. The summed E-state index contributed by atoms with van der Waals surface area (Å²) < 4.78 is 11.0. The number of rotatable bonds is 3. The van der Waals surface area contributed by atoms with Crippen molar-refractivity contribution in [2.24, 2.45) is 0 Å². The van der Waals surface area contributed by atoms with Crippen LogP contribution in [0.1, 0.15) is 34.9 Å². The molecule has 6 atom stereocenters. The number of carbonyl (C=O) groups excluding carboxylic acids is 1. The Labute approximate surface area is 137 Å². The van der Waals surface area contributed by atoms with Gasteiger partial charge in [-0.1, -0.05) is 0 Å². The summed E-state index contributed by atoms with van der Waals surface area (Å²) in [5.74, 6) is -0.0931. The minimum atomic E-state index is -1.53. The molecular formula is C16H20O8. The molecule has 132 valence electrons. The number of fused-ring (bicyclic) bond motifs is 1. The van der Waals surface area contributed by atoms with Gasteiger partial charge in [-0.15, -0.1) is 0 Å². The smallest absolute Gasteiger partial charge is 0.187 e. The molecule has 2 aliphatic rings. The molecule has 0 bridgehead atoms. The van der Waals surface area contributed by atoms with E-state index in [0.29, 0.717) is 17.5 Å². The van der Waals surface area contributed by atoms with Gasteiger partial charge >= 0.3 is 0 Å². The van der Waals surface area contributed by atoms with Crippen molar-refractivity contribution in [2.45, 2.75) is 49.7 Å². The van der Waals surface area contributed by atoms with Gasteiger partial charge in [0.15, 0.2) is 12.1 Å². The fourth-order valence-electron chi connectivity index (χ4n) is 3.11. The van der Waals surface area contributed by atoms with Crippen LogP contribution in [0.25, 0.3) is 0 Å². The van der Waals surface area contributed by atoms with Crippen molar-refractivity contribution >= 4 is 5.78 Å². The van der Waals surface area contributed by atoms with E-state index in [1.165, 1.54) is 18.2 Å². The molecule has 1 aliphatic heterocycles. The molecule has 8 heteroatoms. The van der Waals surface area contributed by atoms with Crippen molar-refractivity contribution < 1.29 is 39.8 Å². The van der Waals surface area contributed by atoms with Crippen LogP contribution in [-0.2, 0) is 9.47 Å². The average Bonchev–Trinajstić information content (AvgIpc) is 2.57. The molecule has 5 N–H and O–H groups in total. The number of ketones is 1. The Hall–Kier alpha value is -1.55. The molecule has 0 spiro atoms. The lowest BCUT2D eigenvalue weighted by Gasteiger charge is -2.41. The maximum Gasteiger partial charge on any atom is 0.187 e. The number of aliphatic hydroxyl groups is 4. The van der Waals surface area contributed by atoms with Gasteiger partial charge in [0.25, 0.3) is 0 Å². The monoisotopic (exact) mass is 340 g/mol. The summed E-state index contributed by atoms with van der Waals surface area (Å²) in [7, 11) is 0. The third-order valence-electron chi connectivity index (χ3n) is 4.46. The standard InChI is InChI=1S/C16H20O8/c17-6-12-13(20)14(21)15(22)16(24-12)23-11-4-3-10(19)8-2-1-7(18)5-9(8)11/h1-2,5,11-18,20-22H,3-4,6H2/t11-,12-,13-,14+,15-,16-/m1/s1. The van der Waals surface area contributed by atoms with Gasteiger partial charge in [-0.05, 0) is 30.2 Å². The highest BCUT2D eigenvalue weighted by Crippen LogP contribution is 2.37. The van der Waals surface area contributed by atoms with E-state index in [4.69, 9.17) is 9.47 Å². The summed E-state index contributed by atoms with van der Waals surface area (Å²) >= 11 is 0. The number of carbonyl (C=O) groups is 1. The summed E-state index contributed by atoms with van der Waals surface area (Å²) in [4.78, 5) is 12.0. The molecule has 8 nitrogen and oxygen atoms in total. The van der Waals surface area contributed by atoms with Crippen molar-refractivity contribution in [3.63, 3.8) is 0 Å². The van der Waals surface area contributed by atoms with Gasteiger partial charge in [0.2, 0.25) is 0 Å². The highest BCUT2D eigenvalue weighted by atomic mass is 16.7. The number of hydrogen-bond donors (Lipinski definition) is 5. The van der Waals surface area contributed by atoms with Crippen LogP contribution in [0.15, 0.2) is 18.2 Å². The molecule has 1 heterocycles. The first-order valence-electron chi connectivity index (χ1n) is 7.74. The molecule has 0 amide bonds. The Morgan fingerprint density at radius 3 is 2.62 bits per heavy atom. The first-order chi connectivity index (χ1) is 11.4. The first-order valence-corrected chi connectivity index (χ1v) is 7.74. The number of aliphatic hydroxyl groups excluding tert-OH is 4. The number of phenolic OH excluding ortho intramolecular Hbond substituents is 1. The second kappa shape index (κ2) is 6.75. The van der Waals surface area contributed by atoms with Gasteiger partial charge in [0.1, 0.15) is 30.2 Å². The molecule has 0 unspecified atom stereocenters. The Balaban J connectivity index is 1.82. The van der Waals surface area contributed by atoms with Crippen LogP contribution < -0.4 is 0 Å². The van der Waals surface area contributed by atoms with Crippen LogP contribution in [0.2, 0.25) is 0 Å². The summed E-state index contributed by atoms with van der Waals surface area (Å²) in [5, 5.41) is 48.5. The SMILES string of the molecule is O=C1CC[C@@H](O[C@@H]2O[C@H](CO)[C@@H](O)[C@H](O)[C@H]2O)c2cc(O)ccc21. The van der Waals surface area contributed by atoms with Gasteiger partial charge in [0, 0.05) is 12.0 Å². The zero-order valence-corrected chi connectivity index (χ0v) is 12.8. The number of hydrogen-bond acceptors (Lipinski definition) is 8. The van der Waals surface area contributed by atoms with Crippen LogP contribution in [0.5, 0.6) is 5.75 Å². The van der Waals surface area contributed by atoms with Gasteiger partial charge < -0.3 is 35.0 Å². The molecule has 24 heavy (non-hydrogen) atoms. The predicted octanol–water partition coefficient (Wildman–Crippen LogP) is -0.774. The zero-order valence-electron chi connectivity index (χ0n) is 12.8. The zero-order chi connectivity index (χ0) is 17.4. The van der Waals surface area contributed by atoms with E-state index < -0.39 is 43.4 Å². The molecule has 1 fully saturated rings. The lowest BCUT2D eigenvalue weighted by Crippen LogP contribution is -2.59. The Bertz CT molecular complexity index is 616. The van der Waals surface area contributed by atoms with E-state index in [9.17, 15) is 30.3 Å². The summed E-state index contributed by atoms with van der Waals surface area (Å²) in [6, 6.07) is 4.34. The van der Waals surface area contributed by atoms with Gasteiger partial charge in [0.05, 0.1) is 12.7 Å². The summed E-state index contributed by atoms with van der Waals surface area (Å²) in [5.41, 5.74) is 0.900. The van der Waals surface area contributed by atoms with Crippen molar-refractivity contribution in [1.29, 1.82) is 0 Å². The van der Waals surface area contributed by atoms with Crippen LogP contribution in [-0.4, -0.2) is 68.6 Å². The van der Waals surface area contributed by atoms with Crippen LogP contribution >= 0.6 is 0 Å². The van der Waals surface area contributed by atoms with Crippen molar-refractivity contribution in [3.05, 3.63) is 29.3 Å². The minimum Gasteiger partial charge on any atom is -0.508 e. The number of ether oxygens (including phenoxy) is 2. The molecule has 0 aromatic heterocycles. The molecule has 0 saturated carbocycles. The van der Waals surface area contributed by atoms with Gasteiger partial charge in [-0.2, -0.15) is 0 Å². The Morgan fingerprint density at radius 1 is 1.17 bits per heavy atom. The summed E-state index contributed by atoms with van der Waals surface area (Å²) in [6.07, 6.45) is -6.93. The summed E-state index contributed by atoms with van der Waals surface area (Å²) in [6.45, 7) is -0.550. The number of benzene rings is 1. The van der Waals surface area contributed by atoms with Crippen LogP contribution in [0.4, 0.5) is 0 Å².